The summed E-state index contributed by atoms with van der Waals surface area (Å²) in [6.45, 7) is 3.72. The summed E-state index contributed by atoms with van der Waals surface area (Å²) in [5.41, 5.74) is 4.70. The van der Waals surface area contributed by atoms with Crippen LogP contribution in [0.4, 0.5) is 5.69 Å². The number of benzene rings is 2. The standard InChI is InChI=1S/C30H30BrNO6/c1-16-10-11-20(17(2)12-16)32-26(35)15-37-30-19(31)13-18(14-25(30)36-3)27-28-21(33)6-4-8-23(28)38-24-9-5-7-22(34)29(24)27/h10-14,27H,4-9,15H2,1-3H3,(H,32,35). The first-order chi connectivity index (χ1) is 18.3. The number of carbonyl (C=O) groups is 3. The first-order valence-electron chi connectivity index (χ1n) is 12.8. The number of nitrogens with one attached hydrogen (secondary N) is 1. The Kier molecular flexibility index (Phi) is 7.43. The first kappa shape index (κ1) is 26.2. The van der Waals surface area contributed by atoms with Crippen LogP contribution in [0.5, 0.6) is 11.5 Å². The van der Waals surface area contributed by atoms with Crippen molar-refractivity contribution in [1.82, 2.24) is 0 Å². The Bertz CT molecular complexity index is 1360. The smallest absolute Gasteiger partial charge is 0.262 e. The molecule has 7 nitrogen and oxygen atoms in total. The van der Waals surface area contributed by atoms with E-state index in [1.807, 2.05) is 38.1 Å². The lowest BCUT2D eigenvalue weighted by atomic mass is 9.73. The van der Waals surface area contributed by atoms with Gasteiger partial charge in [0.2, 0.25) is 0 Å². The monoisotopic (exact) mass is 579 g/mol. The number of amides is 1. The van der Waals surface area contributed by atoms with Gasteiger partial charge in [-0.1, -0.05) is 17.7 Å². The SMILES string of the molecule is COc1cc(C2C3=C(CCCC3=O)OC3=C2C(=O)CCC3)cc(Br)c1OCC(=O)Nc1ccc(C)cc1C. The zero-order chi connectivity index (χ0) is 27.0. The van der Waals surface area contributed by atoms with Crippen molar-refractivity contribution in [3.8, 4) is 11.5 Å². The maximum absolute atomic E-state index is 13.1. The lowest BCUT2D eigenvalue weighted by Crippen LogP contribution is -2.30. The van der Waals surface area contributed by atoms with Crippen molar-refractivity contribution in [2.75, 3.05) is 19.0 Å². The van der Waals surface area contributed by atoms with Crippen LogP contribution in [0.2, 0.25) is 0 Å². The molecule has 198 valence electrons. The zero-order valence-corrected chi connectivity index (χ0v) is 23.3. The Morgan fingerprint density at radius 1 is 1.00 bits per heavy atom. The van der Waals surface area contributed by atoms with Gasteiger partial charge in [0.1, 0.15) is 11.5 Å². The molecule has 0 unspecified atom stereocenters. The Balaban J connectivity index is 1.44. The van der Waals surface area contributed by atoms with Crippen molar-refractivity contribution in [3.05, 3.63) is 74.2 Å². The van der Waals surface area contributed by atoms with E-state index < -0.39 is 5.92 Å². The Morgan fingerprint density at radius 2 is 1.66 bits per heavy atom. The van der Waals surface area contributed by atoms with Gasteiger partial charge in [-0.3, -0.25) is 14.4 Å². The predicted molar refractivity (Wildman–Crippen MR) is 146 cm³/mol. The van der Waals surface area contributed by atoms with E-state index in [0.717, 1.165) is 35.2 Å². The minimum absolute atomic E-state index is 0.0136. The second-order valence-corrected chi connectivity index (χ2v) is 10.8. The first-order valence-corrected chi connectivity index (χ1v) is 13.6. The van der Waals surface area contributed by atoms with Gasteiger partial charge < -0.3 is 19.5 Å². The van der Waals surface area contributed by atoms with Crippen molar-refractivity contribution >= 4 is 39.1 Å². The van der Waals surface area contributed by atoms with Crippen molar-refractivity contribution in [3.63, 3.8) is 0 Å². The number of rotatable bonds is 6. The highest BCUT2D eigenvalue weighted by molar-refractivity contribution is 9.10. The maximum atomic E-state index is 13.1. The molecule has 38 heavy (non-hydrogen) atoms. The van der Waals surface area contributed by atoms with Crippen molar-refractivity contribution in [2.45, 2.75) is 58.3 Å². The van der Waals surface area contributed by atoms with Gasteiger partial charge in [0.05, 0.1) is 11.6 Å². The molecule has 5 rings (SSSR count). The number of Topliss-reactive ketones (excluding diaryl/α,β-unsaturated/α-hetero) is 2. The van der Waals surface area contributed by atoms with Gasteiger partial charge in [0, 0.05) is 48.4 Å². The van der Waals surface area contributed by atoms with Crippen LogP contribution in [-0.2, 0) is 19.1 Å². The second-order valence-electron chi connectivity index (χ2n) is 9.95. The van der Waals surface area contributed by atoms with Crippen molar-refractivity contribution in [2.24, 2.45) is 0 Å². The van der Waals surface area contributed by atoms with E-state index in [0.29, 0.717) is 64.3 Å². The topological polar surface area (TPSA) is 90.9 Å². The minimum Gasteiger partial charge on any atom is -0.493 e. The number of allylic oxidation sites excluding steroid dienone is 4. The van der Waals surface area contributed by atoms with Crippen molar-refractivity contribution < 1.29 is 28.6 Å². The molecule has 0 fully saturated rings. The van der Waals surface area contributed by atoms with Gasteiger partial charge in [-0.2, -0.15) is 0 Å². The van der Waals surface area contributed by atoms with Crippen LogP contribution in [0, 0.1) is 13.8 Å². The largest absolute Gasteiger partial charge is 0.493 e. The number of ketones is 2. The average molecular weight is 580 g/mol. The van der Waals surface area contributed by atoms with Crippen LogP contribution in [0.25, 0.3) is 0 Å². The fourth-order valence-corrected chi connectivity index (χ4v) is 6.05. The predicted octanol–water partition coefficient (Wildman–Crippen LogP) is 6.22. The number of aryl methyl sites for hydroxylation is 2. The van der Waals surface area contributed by atoms with Crippen LogP contribution < -0.4 is 14.8 Å². The Labute approximate surface area is 230 Å². The molecule has 0 spiro atoms. The number of halogens is 1. The normalized spacial score (nSPS) is 17.6. The number of anilines is 1. The van der Waals surface area contributed by atoms with Crippen LogP contribution in [-0.4, -0.2) is 31.2 Å². The number of carbonyl (C=O) groups excluding carboxylic acids is 3. The van der Waals surface area contributed by atoms with Crippen LogP contribution in [0.3, 0.4) is 0 Å². The molecule has 2 aliphatic carbocycles. The molecule has 1 aliphatic heterocycles. The highest BCUT2D eigenvalue weighted by Gasteiger charge is 2.42. The third-order valence-corrected chi connectivity index (χ3v) is 7.82. The molecule has 3 aliphatic rings. The summed E-state index contributed by atoms with van der Waals surface area (Å²) >= 11 is 3.58. The Morgan fingerprint density at radius 3 is 2.26 bits per heavy atom. The maximum Gasteiger partial charge on any atom is 0.262 e. The number of ether oxygens (including phenoxy) is 3. The van der Waals surface area contributed by atoms with Gasteiger partial charge in [-0.25, -0.2) is 0 Å². The summed E-state index contributed by atoms with van der Waals surface area (Å²) in [7, 11) is 1.52. The third-order valence-electron chi connectivity index (χ3n) is 7.23. The van der Waals surface area contributed by atoms with Crippen LogP contribution in [0.15, 0.2) is 57.5 Å². The molecular formula is C30H30BrNO6. The molecule has 0 saturated carbocycles. The molecule has 1 amide bonds. The molecule has 1 heterocycles. The van der Waals surface area contributed by atoms with E-state index in [4.69, 9.17) is 14.2 Å². The van der Waals surface area contributed by atoms with Gasteiger partial charge in [-0.05, 0) is 71.9 Å². The average Bonchev–Trinajstić information content (AvgIpc) is 2.88. The summed E-state index contributed by atoms with van der Waals surface area (Å²) in [5.74, 6) is 1.34. The second kappa shape index (κ2) is 10.8. The zero-order valence-electron chi connectivity index (χ0n) is 21.7. The molecule has 0 saturated heterocycles. The van der Waals surface area contributed by atoms with E-state index in [1.165, 1.54) is 7.11 Å². The van der Waals surface area contributed by atoms with Crippen LogP contribution >= 0.6 is 15.9 Å². The third kappa shape index (κ3) is 5.01. The Hall–Kier alpha value is -3.39. The molecule has 0 atom stereocenters. The number of methoxy groups -OCH3 is 1. The van der Waals surface area contributed by atoms with Crippen LogP contribution in [0.1, 0.15) is 61.1 Å². The highest BCUT2D eigenvalue weighted by Crippen LogP contribution is 2.50. The van der Waals surface area contributed by atoms with E-state index in [1.54, 1.807) is 6.07 Å². The lowest BCUT2D eigenvalue weighted by molar-refractivity contribution is -0.119. The van der Waals surface area contributed by atoms with E-state index in [9.17, 15) is 14.4 Å². The minimum atomic E-state index is -0.513. The lowest BCUT2D eigenvalue weighted by Gasteiger charge is -2.36. The quantitative estimate of drug-likeness (QED) is 0.437. The van der Waals surface area contributed by atoms with Gasteiger partial charge in [-0.15, -0.1) is 0 Å². The number of hydrogen-bond donors (Lipinski definition) is 1. The fourth-order valence-electron chi connectivity index (χ4n) is 5.48. The molecular weight excluding hydrogens is 550 g/mol. The number of hydrogen-bond acceptors (Lipinski definition) is 6. The fraction of sp³-hybridized carbons (Fsp3) is 0.367. The highest BCUT2D eigenvalue weighted by atomic mass is 79.9. The molecule has 0 radical (unpaired) electrons. The molecule has 0 bridgehead atoms. The van der Waals surface area contributed by atoms with Crippen molar-refractivity contribution in [1.29, 1.82) is 0 Å². The van der Waals surface area contributed by atoms with Gasteiger partial charge in [0.15, 0.2) is 29.7 Å². The van der Waals surface area contributed by atoms with Gasteiger partial charge >= 0.3 is 0 Å². The summed E-state index contributed by atoms with van der Waals surface area (Å²) in [5, 5.41) is 2.88. The van der Waals surface area contributed by atoms with E-state index in [2.05, 4.69) is 21.2 Å². The molecule has 1 N–H and O–H groups in total. The molecule has 2 aromatic rings. The van der Waals surface area contributed by atoms with Gasteiger partial charge in [0.25, 0.3) is 5.91 Å². The van der Waals surface area contributed by atoms with E-state index in [-0.39, 0.29) is 24.1 Å². The molecule has 0 aromatic heterocycles. The van der Waals surface area contributed by atoms with E-state index >= 15 is 0 Å². The summed E-state index contributed by atoms with van der Waals surface area (Å²) < 4.78 is 18.2. The summed E-state index contributed by atoms with van der Waals surface area (Å²) in [4.78, 5) is 38.8. The summed E-state index contributed by atoms with van der Waals surface area (Å²) in [6.07, 6.45) is 3.71. The summed E-state index contributed by atoms with van der Waals surface area (Å²) in [6, 6.07) is 9.44. The molecule has 2 aromatic carbocycles. The molecule has 8 heteroatoms.